The highest BCUT2D eigenvalue weighted by atomic mass is 16.2. The number of nitrogens with zero attached hydrogens (tertiary/aromatic N) is 2. The highest BCUT2D eigenvalue weighted by molar-refractivity contribution is 5.92. The second-order valence-corrected chi connectivity index (χ2v) is 6.27. The Morgan fingerprint density at radius 3 is 2.33 bits per heavy atom. The van der Waals surface area contributed by atoms with Crippen LogP contribution >= 0.6 is 0 Å². The molecule has 2 rings (SSSR count). The van der Waals surface area contributed by atoms with Crippen LogP contribution < -0.4 is 5.32 Å². The lowest BCUT2D eigenvalue weighted by Gasteiger charge is -2.34. The van der Waals surface area contributed by atoms with Crippen LogP contribution in [-0.4, -0.2) is 60.4 Å². The molecule has 5 nitrogen and oxygen atoms in total. The van der Waals surface area contributed by atoms with Crippen molar-refractivity contribution in [3.63, 3.8) is 0 Å². The van der Waals surface area contributed by atoms with Gasteiger partial charge in [-0.3, -0.25) is 9.59 Å². The van der Waals surface area contributed by atoms with Crippen LogP contribution in [0.15, 0.2) is 0 Å². The molecule has 2 fully saturated rings. The summed E-state index contributed by atoms with van der Waals surface area (Å²) >= 11 is 0. The first kappa shape index (κ1) is 16.3. The largest absolute Gasteiger partial charge is 0.332 e. The first-order valence-corrected chi connectivity index (χ1v) is 8.44. The number of rotatable bonds is 7. The molecule has 2 unspecified atom stereocenters. The molecule has 1 aliphatic heterocycles. The molecule has 120 valence electrons. The topological polar surface area (TPSA) is 52.7 Å². The van der Waals surface area contributed by atoms with E-state index in [1.54, 1.807) is 9.80 Å². The smallest absolute Gasteiger partial charge is 0.242 e. The van der Waals surface area contributed by atoms with Crippen LogP contribution in [0.2, 0.25) is 0 Å². The minimum Gasteiger partial charge on any atom is -0.332 e. The monoisotopic (exact) mass is 295 g/mol. The van der Waals surface area contributed by atoms with E-state index in [9.17, 15) is 9.59 Å². The van der Waals surface area contributed by atoms with Gasteiger partial charge in [-0.15, -0.1) is 0 Å². The molecular weight excluding hydrogens is 266 g/mol. The molecular formula is C16H29N3O2. The van der Waals surface area contributed by atoms with Gasteiger partial charge in [-0.1, -0.05) is 20.3 Å². The van der Waals surface area contributed by atoms with Crippen molar-refractivity contribution in [2.45, 2.75) is 52.0 Å². The highest BCUT2D eigenvalue weighted by Crippen LogP contribution is 2.28. The van der Waals surface area contributed by atoms with Crippen molar-refractivity contribution in [3.05, 3.63) is 0 Å². The van der Waals surface area contributed by atoms with Crippen LogP contribution in [-0.2, 0) is 9.59 Å². The zero-order valence-electron chi connectivity index (χ0n) is 13.4. The number of carbonyl (C=O) groups is 2. The minimum absolute atomic E-state index is 0.103. The lowest BCUT2D eigenvalue weighted by molar-refractivity contribution is -0.150. The third-order valence-corrected chi connectivity index (χ3v) is 4.75. The SMILES string of the molecule is CCCN1CC(=O)N(CCC2CCCC2NCC)CC1=O. The molecule has 0 aromatic heterocycles. The molecule has 0 aromatic rings. The molecule has 0 spiro atoms. The van der Waals surface area contributed by atoms with Crippen LogP contribution in [0.1, 0.15) is 46.0 Å². The summed E-state index contributed by atoms with van der Waals surface area (Å²) in [6, 6.07) is 0.599. The predicted molar refractivity (Wildman–Crippen MR) is 82.9 cm³/mol. The van der Waals surface area contributed by atoms with Crippen molar-refractivity contribution in [1.82, 2.24) is 15.1 Å². The molecule has 2 amide bonds. The van der Waals surface area contributed by atoms with Crippen molar-refractivity contribution in [3.8, 4) is 0 Å². The highest BCUT2D eigenvalue weighted by Gasteiger charge is 2.31. The quantitative estimate of drug-likeness (QED) is 0.769. The summed E-state index contributed by atoms with van der Waals surface area (Å²) in [5, 5.41) is 3.55. The van der Waals surface area contributed by atoms with Gasteiger partial charge in [0.25, 0.3) is 0 Å². The summed E-state index contributed by atoms with van der Waals surface area (Å²) in [7, 11) is 0. The zero-order chi connectivity index (χ0) is 15.2. The van der Waals surface area contributed by atoms with E-state index in [2.05, 4.69) is 12.2 Å². The summed E-state index contributed by atoms with van der Waals surface area (Å²) in [5.41, 5.74) is 0. The Morgan fingerprint density at radius 1 is 1.05 bits per heavy atom. The van der Waals surface area contributed by atoms with E-state index in [1.807, 2.05) is 6.92 Å². The average molecular weight is 295 g/mol. The second-order valence-electron chi connectivity index (χ2n) is 6.27. The fourth-order valence-electron chi connectivity index (χ4n) is 3.62. The Kier molecular flexibility index (Phi) is 6.03. The number of hydrogen-bond acceptors (Lipinski definition) is 3. The Bertz CT molecular complexity index is 373. The lowest BCUT2D eigenvalue weighted by atomic mass is 9.99. The number of carbonyl (C=O) groups excluding carboxylic acids is 2. The van der Waals surface area contributed by atoms with Crippen LogP contribution in [0.3, 0.4) is 0 Å². The molecule has 1 saturated heterocycles. The van der Waals surface area contributed by atoms with Gasteiger partial charge in [-0.2, -0.15) is 0 Å². The molecule has 1 heterocycles. The Balaban J connectivity index is 1.81. The van der Waals surface area contributed by atoms with Gasteiger partial charge in [0, 0.05) is 19.1 Å². The number of piperazine rings is 1. The van der Waals surface area contributed by atoms with Crippen molar-refractivity contribution < 1.29 is 9.59 Å². The van der Waals surface area contributed by atoms with Gasteiger partial charge < -0.3 is 15.1 Å². The summed E-state index contributed by atoms with van der Waals surface area (Å²) in [6.45, 7) is 7.16. The Hall–Kier alpha value is -1.10. The van der Waals surface area contributed by atoms with Crippen molar-refractivity contribution in [2.24, 2.45) is 5.92 Å². The van der Waals surface area contributed by atoms with E-state index in [4.69, 9.17) is 0 Å². The normalized spacial score (nSPS) is 26.8. The lowest BCUT2D eigenvalue weighted by Crippen LogP contribution is -2.54. The van der Waals surface area contributed by atoms with Crippen LogP contribution in [0.4, 0.5) is 0 Å². The summed E-state index contributed by atoms with van der Waals surface area (Å²) in [4.78, 5) is 27.6. The standard InChI is InChI=1S/C16H29N3O2/c1-3-9-18-11-16(21)19(12-15(18)20)10-8-13-6-5-7-14(13)17-4-2/h13-14,17H,3-12H2,1-2H3. The van der Waals surface area contributed by atoms with Crippen LogP contribution in [0, 0.1) is 5.92 Å². The van der Waals surface area contributed by atoms with Gasteiger partial charge in [-0.05, 0) is 38.1 Å². The maximum absolute atomic E-state index is 12.2. The van der Waals surface area contributed by atoms with E-state index in [0.29, 0.717) is 18.5 Å². The van der Waals surface area contributed by atoms with Gasteiger partial charge >= 0.3 is 0 Å². The van der Waals surface area contributed by atoms with E-state index in [1.165, 1.54) is 19.3 Å². The van der Waals surface area contributed by atoms with Crippen molar-refractivity contribution in [1.29, 1.82) is 0 Å². The molecule has 5 heteroatoms. The van der Waals surface area contributed by atoms with Gasteiger partial charge in [0.05, 0.1) is 13.1 Å². The van der Waals surface area contributed by atoms with E-state index in [-0.39, 0.29) is 24.9 Å². The molecule has 1 saturated carbocycles. The van der Waals surface area contributed by atoms with Gasteiger partial charge in [0.1, 0.15) is 0 Å². The molecule has 0 radical (unpaired) electrons. The fourth-order valence-corrected chi connectivity index (χ4v) is 3.62. The fraction of sp³-hybridized carbons (Fsp3) is 0.875. The molecule has 21 heavy (non-hydrogen) atoms. The molecule has 0 bridgehead atoms. The third-order valence-electron chi connectivity index (χ3n) is 4.75. The Labute approximate surface area is 128 Å². The van der Waals surface area contributed by atoms with Gasteiger partial charge in [0.15, 0.2) is 0 Å². The van der Waals surface area contributed by atoms with E-state index in [0.717, 1.165) is 25.9 Å². The number of hydrogen-bond donors (Lipinski definition) is 1. The molecule has 2 aliphatic rings. The maximum Gasteiger partial charge on any atom is 0.242 e. The van der Waals surface area contributed by atoms with E-state index < -0.39 is 0 Å². The van der Waals surface area contributed by atoms with Gasteiger partial charge in [0.2, 0.25) is 11.8 Å². The molecule has 0 aromatic carbocycles. The third kappa shape index (κ3) is 4.19. The summed E-state index contributed by atoms with van der Waals surface area (Å²) in [5.74, 6) is 0.869. The molecule has 1 N–H and O–H groups in total. The van der Waals surface area contributed by atoms with Crippen LogP contribution in [0.25, 0.3) is 0 Å². The van der Waals surface area contributed by atoms with Gasteiger partial charge in [-0.25, -0.2) is 0 Å². The van der Waals surface area contributed by atoms with Crippen LogP contribution in [0.5, 0.6) is 0 Å². The number of amides is 2. The van der Waals surface area contributed by atoms with Crippen molar-refractivity contribution >= 4 is 11.8 Å². The average Bonchev–Trinajstić information content (AvgIpc) is 2.89. The first-order valence-electron chi connectivity index (χ1n) is 8.44. The molecule has 2 atom stereocenters. The summed E-state index contributed by atoms with van der Waals surface area (Å²) < 4.78 is 0. The van der Waals surface area contributed by atoms with E-state index >= 15 is 0 Å². The first-order chi connectivity index (χ1) is 10.2. The number of nitrogens with one attached hydrogen (secondary N) is 1. The molecule has 1 aliphatic carbocycles. The minimum atomic E-state index is 0.103. The summed E-state index contributed by atoms with van der Waals surface area (Å²) in [6.07, 6.45) is 5.70. The maximum atomic E-state index is 12.2. The zero-order valence-corrected chi connectivity index (χ0v) is 13.4. The Morgan fingerprint density at radius 2 is 1.71 bits per heavy atom. The van der Waals surface area contributed by atoms with Crippen molar-refractivity contribution in [2.75, 3.05) is 32.7 Å². The predicted octanol–water partition coefficient (Wildman–Crippen LogP) is 1.24. The second kappa shape index (κ2) is 7.78.